The lowest BCUT2D eigenvalue weighted by atomic mass is 9.95. The molecule has 7 nitrogen and oxygen atoms in total. The summed E-state index contributed by atoms with van der Waals surface area (Å²) in [6.07, 6.45) is 0. The highest BCUT2D eigenvalue weighted by atomic mass is 35.5. The molecule has 1 unspecified atom stereocenters. The number of phenolic OH excluding ortho intramolecular Hbond substituents is 1. The predicted molar refractivity (Wildman–Crippen MR) is 125 cm³/mol. The molecule has 0 saturated carbocycles. The van der Waals surface area contributed by atoms with Crippen molar-refractivity contribution in [3.63, 3.8) is 0 Å². The number of carbonyl (C=O) groups is 3. The van der Waals surface area contributed by atoms with Crippen LogP contribution in [0, 0.1) is 0 Å². The van der Waals surface area contributed by atoms with Crippen LogP contribution in [0.3, 0.4) is 0 Å². The molecule has 172 valence electrons. The van der Waals surface area contributed by atoms with Gasteiger partial charge in [0.15, 0.2) is 0 Å². The van der Waals surface area contributed by atoms with E-state index in [2.05, 4.69) is 0 Å². The smallest absolute Gasteiger partial charge is 0.337 e. The number of rotatable bonds is 5. The number of phenols is 1. The molecule has 3 aromatic carbocycles. The van der Waals surface area contributed by atoms with Gasteiger partial charge in [-0.05, 0) is 59.7 Å². The average Bonchev–Trinajstić information content (AvgIpc) is 3.09. The Hall–Kier alpha value is -4.10. The fraction of sp³-hybridized carbons (Fsp3) is 0.115. The summed E-state index contributed by atoms with van der Waals surface area (Å²) in [7, 11) is 1.29. The van der Waals surface area contributed by atoms with Crippen molar-refractivity contribution < 1.29 is 29.3 Å². The molecule has 0 aliphatic carbocycles. The SMILES string of the molecule is COC(=O)c1ccc(CN2C(=O)C(=O)/C(=C(/O)c3ccc(Cl)cc3)C2c2ccc(O)cc2)cc1. The number of hydrogen-bond acceptors (Lipinski definition) is 6. The number of hydrogen-bond donors (Lipinski definition) is 2. The summed E-state index contributed by atoms with van der Waals surface area (Å²) in [6, 6.07) is 17.9. The third-order valence-electron chi connectivity index (χ3n) is 5.59. The maximum Gasteiger partial charge on any atom is 0.337 e. The Bertz CT molecular complexity index is 1280. The van der Waals surface area contributed by atoms with Gasteiger partial charge in [0.1, 0.15) is 11.5 Å². The highest BCUT2D eigenvalue weighted by Gasteiger charge is 2.46. The lowest BCUT2D eigenvalue weighted by molar-refractivity contribution is -0.140. The van der Waals surface area contributed by atoms with Gasteiger partial charge < -0.3 is 19.8 Å². The molecular weight excluding hydrogens is 458 g/mol. The molecule has 0 radical (unpaired) electrons. The molecule has 1 aliphatic rings. The molecule has 1 fully saturated rings. The second-order valence-electron chi connectivity index (χ2n) is 7.71. The first-order valence-electron chi connectivity index (χ1n) is 10.3. The number of benzene rings is 3. The summed E-state index contributed by atoms with van der Waals surface area (Å²) in [6.45, 7) is 0.0506. The van der Waals surface area contributed by atoms with E-state index in [0.29, 0.717) is 27.3 Å². The van der Waals surface area contributed by atoms with Crippen molar-refractivity contribution in [2.75, 3.05) is 7.11 Å². The molecule has 1 heterocycles. The van der Waals surface area contributed by atoms with Gasteiger partial charge in [-0.15, -0.1) is 0 Å². The van der Waals surface area contributed by atoms with E-state index in [1.54, 1.807) is 60.7 Å². The fourth-order valence-corrected chi connectivity index (χ4v) is 4.00. The number of aromatic hydroxyl groups is 1. The topological polar surface area (TPSA) is 104 Å². The third kappa shape index (κ3) is 4.38. The van der Waals surface area contributed by atoms with Crippen molar-refractivity contribution in [1.29, 1.82) is 0 Å². The number of amides is 1. The largest absolute Gasteiger partial charge is 0.508 e. The number of nitrogens with zero attached hydrogens (tertiary/aromatic N) is 1. The fourth-order valence-electron chi connectivity index (χ4n) is 3.87. The lowest BCUT2D eigenvalue weighted by Gasteiger charge is -2.25. The number of likely N-dealkylation sites (tertiary alicyclic amines) is 1. The number of aliphatic hydroxyl groups excluding tert-OH is 1. The zero-order chi connectivity index (χ0) is 24.4. The number of esters is 1. The van der Waals surface area contributed by atoms with E-state index in [-0.39, 0.29) is 23.6 Å². The number of aliphatic hydroxyl groups is 1. The lowest BCUT2D eigenvalue weighted by Crippen LogP contribution is -2.29. The average molecular weight is 478 g/mol. The van der Waals surface area contributed by atoms with Crippen molar-refractivity contribution in [2.45, 2.75) is 12.6 Å². The van der Waals surface area contributed by atoms with Gasteiger partial charge in [-0.1, -0.05) is 35.9 Å². The zero-order valence-corrected chi connectivity index (χ0v) is 18.8. The van der Waals surface area contributed by atoms with Crippen molar-refractivity contribution in [3.05, 3.63) is 106 Å². The molecule has 0 spiro atoms. The number of halogens is 1. The third-order valence-corrected chi connectivity index (χ3v) is 5.85. The van der Waals surface area contributed by atoms with Crippen LogP contribution < -0.4 is 0 Å². The number of methoxy groups -OCH3 is 1. The van der Waals surface area contributed by atoms with E-state index in [4.69, 9.17) is 16.3 Å². The molecule has 8 heteroatoms. The number of ether oxygens (including phenoxy) is 1. The highest BCUT2D eigenvalue weighted by Crippen LogP contribution is 2.40. The van der Waals surface area contributed by atoms with Crippen LogP contribution in [0.2, 0.25) is 5.02 Å². The van der Waals surface area contributed by atoms with Gasteiger partial charge in [-0.2, -0.15) is 0 Å². The summed E-state index contributed by atoms with van der Waals surface area (Å²) >= 11 is 5.94. The van der Waals surface area contributed by atoms with E-state index in [0.717, 1.165) is 0 Å². The number of ketones is 1. The van der Waals surface area contributed by atoms with E-state index in [1.165, 1.54) is 24.1 Å². The molecular formula is C26H20ClNO6. The van der Waals surface area contributed by atoms with Crippen LogP contribution in [-0.4, -0.2) is 39.9 Å². The van der Waals surface area contributed by atoms with Crippen molar-refractivity contribution in [1.82, 2.24) is 4.90 Å². The van der Waals surface area contributed by atoms with Crippen LogP contribution >= 0.6 is 11.6 Å². The van der Waals surface area contributed by atoms with Crippen LogP contribution in [-0.2, 0) is 20.9 Å². The summed E-state index contributed by atoms with van der Waals surface area (Å²) in [5, 5.41) is 21.2. The molecule has 1 aliphatic heterocycles. The Morgan fingerprint density at radius 2 is 1.53 bits per heavy atom. The first-order chi connectivity index (χ1) is 16.3. The molecule has 2 N–H and O–H groups in total. The minimum absolute atomic E-state index is 0.0248. The highest BCUT2D eigenvalue weighted by molar-refractivity contribution is 6.46. The Labute approximate surface area is 200 Å². The summed E-state index contributed by atoms with van der Waals surface area (Å²) in [5.74, 6) is -2.38. The predicted octanol–water partition coefficient (Wildman–Crippen LogP) is 4.45. The van der Waals surface area contributed by atoms with E-state index in [1.807, 2.05) is 0 Å². The second kappa shape index (κ2) is 9.41. The zero-order valence-electron chi connectivity index (χ0n) is 18.1. The molecule has 1 amide bonds. The van der Waals surface area contributed by atoms with Gasteiger partial charge in [-0.25, -0.2) is 4.79 Å². The van der Waals surface area contributed by atoms with Crippen molar-refractivity contribution >= 4 is 35.0 Å². The summed E-state index contributed by atoms with van der Waals surface area (Å²) < 4.78 is 4.70. The molecule has 4 rings (SSSR count). The van der Waals surface area contributed by atoms with Crippen LogP contribution in [0.15, 0.2) is 78.4 Å². The van der Waals surface area contributed by atoms with Crippen LogP contribution in [0.4, 0.5) is 0 Å². The van der Waals surface area contributed by atoms with Gasteiger partial charge in [-0.3, -0.25) is 9.59 Å². The van der Waals surface area contributed by atoms with Crippen molar-refractivity contribution in [3.8, 4) is 5.75 Å². The molecule has 34 heavy (non-hydrogen) atoms. The molecule has 0 aromatic heterocycles. The Morgan fingerprint density at radius 3 is 2.12 bits per heavy atom. The van der Waals surface area contributed by atoms with Crippen molar-refractivity contribution in [2.24, 2.45) is 0 Å². The van der Waals surface area contributed by atoms with E-state index in [9.17, 15) is 24.6 Å². The Morgan fingerprint density at radius 1 is 0.941 bits per heavy atom. The van der Waals surface area contributed by atoms with Gasteiger partial charge in [0.2, 0.25) is 0 Å². The van der Waals surface area contributed by atoms with Crippen LogP contribution in [0.5, 0.6) is 5.75 Å². The molecule has 0 bridgehead atoms. The van der Waals surface area contributed by atoms with E-state index >= 15 is 0 Å². The second-order valence-corrected chi connectivity index (χ2v) is 8.15. The number of Topliss-reactive ketones (excluding diaryl/α,β-unsaturated/α-hetero) is 1. The summed E-state index contributed by atoms with van der Waals surface area (Å²) in [5.41, 5.74) is 1.84. The van der Waals surface area contributed by atoms with Gasteiger partial charge in [0.25, 0.3) is 11.7 Å². The maximum absolute atomic E-state index is 13.1. The minimum Gasteiger partial charge on any atom is -0.508 e. The Kier molecular flexibility index (Phi) is 6.38. The normalized spacial score (nSPS) is 17.1. The first-order valence-corrected chi connectivity index (χ1v) is 10.7. The molecule has 1 saturated heterocycles. The van der Waals surface area contributed by atoms with Gasteiger partial charge in [0, 0.05) is 17.1 Å². The maximum atomic E-state index is 13.1. The number of carbonyl (C=O) groups excluding carboxylic acids is 3. The first kappa shape index (κ1) is 23.1. The monoisotopic (exact) mass is 477 g/mol. The van der Waals surface area contributed by atoms with Gasteiger partial charge in [0.05, 0.1) is 24.3 Å². The molecule has 1 atom stereocenters. The Balaban J connectivity index is 1.78. The van der Waals surface area contributed by atoms with E-state index < -0.39 is 23.7 Å². The van der Waals surface area contributed by atoms with Gasteiger partial charge >= 0.3 is 5.97 Å². The summed E-state index contributed by atoms with van der Waals surface area (Å²) in [4.78, 5) is 39.2. The molecule has 3 aromatic rings. The van der Waals surface area contributed by atoms with Crippen LogP contribution in [0.1, 0.15) is 33.1 Å². The van der Waals surface area contributed by atoms with Crippen LogP contribution in [0.25, 0.3) is 5.76 Å². The minimum atomic E-state index is -0.892. The quantitative estimate of drug-likeness (QED) is 0.243. The standard InChI is InChI=1S/C26H20ClNO6/c1-34-26(33)18-4-2-15(3-5-18)14-28-22(16-8-12-20(29)13-9-16)21(24(31)25(28)32)23(30)17-6-10-19(27)11-7-17/h2-13,22,29-30H,14H2,1H3/b23-21+.